The van der Waals surface area contributed by atoms with Gasteiger partial charge in [-0.3, -0.25) is 4.79 Å². The van der Waals surface area contributed by atoms with Crippen LogP contribution in [0.15, 0.2) is 30.3 Å². The Labute approximate surface area is 123 Å². The topological polar surface area (TPSA) is 17.1 Å². The van der Waals surface area contributed by atoms with Crippen molar-refractivity contribution in [3.63, 3.8) is 0 Å². The molecule has 0 N–H and O–H groups in total. The summed E-state index contributed by atoms with van der Waals surface area (Å²) < 4.78 is 65.1. The zero-order chi connectivity index (χ0) is 16.0. The number of hydrogen-bond donors (Lipinski definition) is 0. The van der Waals surface area contributed by atoms with E-state index in [1.165, 1.54) is 0 Å². The number of hydrogen-bond acceptors (Lipinski definition) is 2. The zero-order valence-electron chi connectivity index (χ0n) is 11.2. The van der Waals surface area contributed by atoms with Crippen molar-refractivity contribution < 1.29 is 26.7 Å². The predicted octanol–water partition coefficient (Wildman–Crippen LogP) is 4.62. The van der Waals surface area contributed by atoms with Crippen molar-refractivity contribution in [1.82, 2.24) is 0 Å². The first-order valence-corrected chi connectivity index (χ1v) is 7.27. The molecule has 118 valence electrons. The molecule has 0 bridgehead atoms. The van der Waals surface area contributed by atoms with Crippen molar-refractivity contribution in [2.45, 2.75) is 37.8 Å². The number of carbonyl (C=O) groups excluding carboxylic acids is 1. The number of alkyl halides is 5. The Kier molecular flexibility index (Phi) is 6.64. The van der Waals surface area contributed by atoms with Crippen LogP contribution in [0, 0.1) is 0 Å². The molecule has 1 rings (SSSR count). The van der Waals surface area contributed by atoms with Crippen LogP contribution in [-0.2, 0) is 0 Å². The van der Waals surface area contributed by atoms with Crippen molar-refractivity contribution in [3.05, 3.63) is 35.9 Å². The molecule has 0 aliphatic carbocycles. The minimum Gasteiger partial charge on any atom is -0.282 e. The van der Waals surface area contributed by atoms with Gasteiger partial charge in [-0.1, -0.05) is 42.1 Å². The van der Waals surface area contributed by atoms with E-state index in [9.17, 15) is 26.7 Å². The van der Waals surface area contributed by atoms with Gasteiger partial charge in [-0.05, 0) is 13.3 Å². The number of halogens is 5. The van der Waals surface area contributed by atoms with Gasteiger partial charge in [0.25, 0.3) is 0 Å². The molecular weight excluding hydrogens is 311 g/mol. The molecule has 21 heavy (non-hydrogen) atoms. The van der Waals surface area contributed by atoms with Gasteiger partial charge >= 0.3 is 5.92 Å². The summed E-state index contributed by atoms with van der Waals surface area (Å²) in [4.78, 5) is 11.6. The second-order valence-corrected chi connectivity index (χ2v) is 5.57. The number of benzene rings is 1. The third-order valence-electron chi connectivity index (χ3n) is 2.85. The lowest BCUT2D eigenvalue weighted by molar-refractivity contribution is -0.141. The van der Waals surface area contributed by atoms with E-state index >= 15 is 0 Å². The van der Waals surface area contributed by atoms with Crippen LogP contribution in [0.25, 0.3) is 0 Å². The van der Waals surface area contributed by atoms with Crippen molar-refractivity contribution in [3.8, 4) is 0 Å². The Morgan fingerprint density at radius 1 is 1.19 bits per heavy atom. The molecule has 0 saturated carbocycles. The van der Waals surface area contributed by atoms with Crippen LogP contribution in [0.4, 0.5) is 22.0 Å². The second kappa shape index (κ2) is 7.77. The maximum absolute atomic E-state index is 13.4. The summed E-state index contributed by atoms with van der Waals surface area (Å²) in [6.45, 7) is 0.479. The third-order valence-corrected chi connectivity index (χ3v) is 3.79. The van der Waals surface area contributed by atoms with Crippen molar-refractivity contribution >= 4 is 16.9 Å². The largest absolute Gasteiger partial charge is 0.311 e. The summed E-state index contributed by atoms with van der Waals surface area (Å²) in [5, 5.41) is -0.358. The van der Waals surface area contributed by atoms with Crippen LogP contribution in [-0.4, -0.2) is 35.3 Å². The lowest BCUT2D eigenvalue weighted by Crippen LogP contribution is -2.43. The average molecular weight is 326 g/mol. The molecule has 3 atom stereocenters. The van der Waals surface area contributed by atoms with Crippen LogP contribution in [0.3, 0.4) is 0 Å². The van der Waals surface area contributed by atoms with Gasteiger partial charge in [-0.15, -0.1) is 0 Å². The fourth-order valence-electron chi connectivity index (χ4n) is 1.53. The highest BCUT2D eigenvalue weighted by atomic mass is 32.2. The van der Waals surface area contributed by atoms with E-state index in [1.807, 2.05) is 0 Å². The summed E-state index contributed by atoms with van der Waals surface area (Å²) in [5.74, 6) is -4.53. The summed E-state index contributed by atoms with van der Waals surface area (Å²) in [6.07, 6.45) is -9.10. The quantitative estimate of drug-likeness (QED) is 0.680. The highest BCUT2D eigenvalue weighted by Gasteiger charge is 2.50. The lowest BCUT2D eigenvalue weighted by atomic mass is 10.0. The van der Waals surface area contributed by atoms with Gasteiger partial charge in [0.05, 0.1) is 0 Å². The second-order valence-electron chi connectivity index (χ2n) is 4.50. The van der Waals surface area contributed by atoms with Crippen molar-refractivity contribution in [2.24, 2.45) is 0 Å². The van der Waals surface area contributed by atoms with E-state index in [1.54, 1.807) is 30.3 Å². The highest BCUT2D eigenvalue weighted by molar-refractivity contribution is 8.14. The predicted molar refractivity (Wildman–Crippen MR) is 73.2 cm³/mol. The molecule has 1 aromatic rings. The number of rotatable bonds is 7. The van der Waals surface area contributed by atoms with E-state index in [4.69, 9.17) is 0 Å². The van der Waals surface area contributed by atoms with Crippen LogP contribution in [0.5, 0.6) is 0 Å². The summed E-state index contributed by atoms with van der Waals surface area (Å²) in [6, 6.07) is 8.12. The standard InChI is InChI=1S/C14H15F5OS/c1-9(15)14(18,19)12(17)11(16)7-8-21-13(20)10-5-3-2-4-6-10/h2-6,9,11-12H,7-8H2,1H3. The first kappa shape index (κ1) is 17.9. The maximum Gasteiger partial charge on any atom is 0.311 e. The van der Waals surface area contributed by atoms with Crippen LogP contribution < -0.4 is 0 Å². The van der Waals surface area contributed by atoms with Gasteiger partial charge in [0, 0.05) is 11.3 Å². The minimum absolute atomic E-state index is 0.161. The normalized spacial score (nSPS) is 16.3. The highest BCUT2D eigenvalue weighted by Crippen LogP contribution is 2.32. The molecular formula is C14H15F5OS. The molecule has 0 heterocycles. The first-order valence-electron chi connectivity index (χ1n) is 6.29. The Morgan fingerprint density at radius 2 is 1.76 bits per heavy atom. The molecule has 1 nitrogen and oxygen atoms in total. The van der Waals surface area contributed by atoms with Gasteiger partial charge in [-0.2, -0.15) is 0 Å². The molecule has 0 fully saturated rings. The molecule has 0 amide bonds. The Balaban J connectivity index is 2.44. The Bertz CT molecular complexity index is 452. The van der Waals surface area contributed by atoms with Gasteiger partial charge < -0.3 is 0 Å². The van der Waals surface area contributed by atoms with Gasteiger partial charge in [0.2, 0.25) is 5.12 Å². The fraction of sp³-hybridized carbons (Fsp3) is 0.500. The summed E-state index contributed by atoms with van der Waals surface area (Å²) >= 11 is 0.710. The zero-order valence-corrected chi connectivity index (χ0v) is 12.1. The first-order chi connectivity index (χ1) is 9.76. The van der Waals surface area contributed by atoms with E-state index in [2.05, 4.69) is 0 Å². The minimum atomic E-state index is -4.37. The van der Waals surface area contributed by atoms with Gasteiger partial charge in [0.1, 0.15) is 6.17 Å². The van der Waals surface area contributed by atoms with Crippen LogP contribution in [0.1, 0.15) is 23.7 Å². The van der Waals surface area contributed by atoms with E-state index < -0.39 is 30.9 Å². The molecule has 0 radical (unpaired) electrons. The van der Waals surface area contributed by atoms with Crippen LogP contribution >= 0.6 is 11.8 Å². The van der Waals surface area contributed by atoms with E-state index in [-0.39, 0.29) is 10.9 Å². The number of carbonyl (C=O) groups is 1. The maximum atomic E-state index is 13.4. The molecule has 0 aliphatic rings. The molecule has 3 unspecified atom stereocenters. The van der Waals surface area contributed by atoms with Gasteiger partial charge in [0.15, 0.2) is 12.3 Å². The Hall–Kier alpha value is -1.11. The summed E-state index contributed by atoms with van der Waals surface area (Å²) in [7, 11) is 0. The average Bonchev–Trinajstić information content (AvgIpc) is 2.46. The molecule has 7 heteroatoms. The molecule has 0 spiro atoms. The molecule has 0 aromatic heterocycles. The Morgan fingerprint density at radius 3 is 2.29 bits per heavy atom. The van der Waals surface area contributed by atoms with E-state index in [0.29, 0.717) is 24.2 Å². The summed E-state index contributed by atoms with van der Waals surface area (Å²) in [5.41, 5.74) is 0.386. The monoisotopic (exact) mass is 326 g/mol. The lowest BCUT2D eigenvalue weighted by Gasteiger charge is -2.24. The van der Waals surface area contributed by atoms with Gasteiger partial charge in [-0.25, -0.2) is 22.0 Å². The van der Waals surface area contributed by atoms with E-state index in [0.717, 1.165) is 0 Å². The molecule has 1 aromatic carbocycles. The van der Waals surface area contributed by atoms with Crippen molar-refractivity contribution in [2.75, 3.05) is 5.75 Å². The van der Waals surface area contributed by atoms with Crippen LogP contribution in [0.2, 0.25) is 0 Å². The van der Waals surface area contributed by atoms with Crippen molar-refractivity contribution in [1.29, 1.82) is 0 Å². The molecule has 0 aliphatic heterocycles. The third kappa shape index (κ3) is 4.98. The SMILES string of the molecule is CC(F)C(F)(F)C(F)C(F)CCSC(=O)c1ccccc1. The fourth-order valence-corrected chi connectivity index (χ4v) is 2.36. The smallest absolute Gasteiger partial charge is 0.282 e. The molecule has 0 saturated heterocycles. The number of thioether (sulfide) groups is 1.